The average molecular weight is 532 g/mol. The first-order valence-electron chi connectivity index (χ1n) is 12.5. The summed E-state index contributed by atoms with van der Waals surface area (Å²) in [6.45, 7) is 5.58. The first-order valence-corrected chi connectivity index (χ1v) is 14.0. The Bertz CT molecular complexity index is 1660. The van der Waals surface area contributed by atoms with Crippen molar-refractivity contribution in [1.82, 2.24) is 14.5 Å². The number of aryl methyl sites for hydroxylation is 2. The molecule has 8 nitrogen and oxygen atoms in total. The summed E-state index contributed by atoms with van der Waals surface area (Å²) in [6.07, 6.45) is 4.65. The summed E-state index contributed by atoms with van der Waals surface area (Å²) in [6, 6.07) is 15.5. The van der Waals surface area contributed by atoms with Gasteiger partial charge in [0.05, 0.1) is 17.0 Å². The lowest BCUT2D eigenvalue weighted by atomic mass is 10.0. The van der Waals surface area contributed by atoms with Gasteiger partial charge in [-0.15, -0.1) is 0 Å². The molecule has 2 aromatic carbocycles. The van der Waals surface area contributed by atoms with Crippen LogP contribution in [0.1, 0.15) is 48.8 Å². The van der Waals surface area contributed by atoms with Gasteiger partial charge in [0, 0.05) is 12.4 Å². The van der Waals surface area contributed by atoms with Crippen molar-refractivity contribution in [3.63, 3.8) is 0 Å². The summed E-state index contributed by atoms with van der Waals surface area (Å²) in [5.41, 5.74) is 3.74. The van der Waals surface area contributed by atoms with Crippen LogP contribution in [0, 0.1) is 6.92 Å². The third-order valence-corrected chi connectivity index (χ3v) is 8.64. The Morgan fingerprint density at radius 1 is 1.11 bits per heavy atom. The molecule has 0 aliphatic heterocycles. The molecule has 196 valence electrons. The standard InChI is InChI=1S/C29H29N3O5S/c1-18(2)37-17-26-31-28(33)27(29(34)32(26)25-13-10-20-6-4-5-7-24(20)25)38(35,36)22-11-8-21(9-12-22)23-14-15-30-16-19(23)3/h4-9,11-12,14-16,18,25,34H,10,13,17H2,1-3H3/t25-/m0/s1. The number of benzene rings is 2. The monoisotopic (exact) mass is 531 g/mol. The number of hydrogen-bond donors (Lipinski definition) is 1. The van der Waals surface area contributed by atoms with Crippen molar-refractivity contribution in [1.29, 1.82) is 0 Å². The minimum Gasteiger partial charge on any atom is -0.493 e. The van der Waals surface area contributed by atoms with E-state index in [0.29, 0.717) is 6.42 Å². The predicted molar refractivity (Wildman–Crippen MR) is 143 cm³/mol. The maximum atomic E-state index is 13.7. The van der Waals surface area contributed by atoms with Crippen molar-refractivity contribution in [2.24, 2.45) is 0 Å². The summed E-state index contributed by atoms with van der Waals surface area (Å²) in [4.78, 5) is 20.5. The Balaban J connectivity index is 1.63. The molecule has 2 heterocycles. The molecule has 0 bridgehead atoms. The van der Waals surface area contributed by atoms with Crippen LogP contribution in [0.3, 0.4) is 0 Å². The highest BCUT2D eigenvalue weighted by atomic mass is 32.2. The number of ether oxygens (including phenoxy) is 1. The van der Waals surface area contributed by atoms with Gasteiger partial charge >= 0.3 is 0 Å². The second-order valence-electron chi connectivity index (χ2n) is 9.69. The fourth-order valence-electron chi connectivity index (χ4n) is 4.99. The molecule has 0 radical (unpaired) electrons. The van der Waals surface area contributed by atoms with E-state index in [-0.39, 0.29) is 29.5 Å². The first kappa shape index (κ1) is 25.8. The van der Waals surface area contributed by atoms with Crippen LogP contribution >= 0.6 is 0 Å². The highest BCUT2D eigenvalue weighted by molar-refractivity contribution is 7.91. The molecule has 0 fully saturated rings. The lowest BCUT2D eigenvalue weighted by molar-refractivity contribution is 0.0571. The normalized spacial score (nSPS) is 15.1. The van der Waals surface area contributed by atoms with Gasteiger partial charge in [0.1, 0.15) is 12.4 Å². The maximum absolute atomic E-state index is 13.7. The first-order chi connectivity index (χ1) is 18.2. The van der Waals surface area contributed by atoms with E-state index in [4.69, 9.17) is 4.74 Å². The van der Waals surface area contributed by atoms with Gasteiger partial charge in [0.15, 0.2) is 4.90 Å². The fourth-order valence-corrected chi connectivity index (χ4v) is 6.33. The van der Waals surface area contributed by atoms with E-state index in [1.165, 1.54) is 16.7 Å². The van der Waals surface area contributed by atoms with Crippen LogP contribution in [-0.4, -0.2) is 34.2 Å². The van der Waals surface area contributed by atoms with Crippen LogP contribution in [-0.2, 0) is 27.6 Å². The number of aromatic hydroxyl groups is 1. The zero-order valence-corrected chi connectivity index (χ0v) is 22.3. The number of fused-ring (bicyclic) bond motifs is 1. The Hall–Kier alpha value is -3.82. The van der Waals surface area contributed by atoms with Gasteiger partial charge in [-0.25, -0.2) is 8.42 Å². The van der Waals surface area contributed by atoms with Gasteiger partial charge < -0.3 is 9.84 Å². The van der Waals surface area contributed by atoms with E-state index < -0.39 is 26.2 Å². The van der Waals surface area contributed by atoms with Crippen LogP contribution in [0.4, 0.5) is 0 Å². The minimum absolute atomic E-state index is 0.0422. The SMILES string of the molecule is Cc1cnccc1-c1ccc(S(=O)(=O)c2c(O)n([C@H]3CCc4ccccc43)c(COC(C)C)nc2=O)cc1. The summed E-state index contributed by atoms with van der Waals surface area (Å²) in [5, 5.41) is 11.4. The van der Waals surface area contributed by atoms with E-state index >= 15 is 0 Å². The summed E-state index contributed by atoms with van der Waals surface area (Å²) in [5.74, 6) is -0.437. The van der Waals surface area contributed by atoms with E-state index in [0.717, 1.165) is 34.2 Å². The van der Waals surface area contributed by atoms with Crippen LogP contribution in [0.15, 0.2) is 81.6 Å². The lowest BCUT2D eigenvalue weighted by Crippen LogP contribution is -2.27. The third-order valence-electron chi connectivity index (χ3n) is 6.86. The summed E-state index contributed by atoms with van der Waals surface area (Å²) < 4.78 is 34.6. The van der Waals surface area contributed by atoms with Crippen molar-refractivity contribution in [3.05, 3.63) is 99.9 Å². The molecular weight excluding hydrogens is 502 g/mol. The zero-order valence-electron chi connectivity index (χ0n) is 21.5. The maximum Gasteiger partial charge on any atom is 0.296 e. The smallest absolute Gasteiger partial charge is 0.296 e. The van der Waals surface area contributed by atoms with Crippen LogP contribution in [0.5, 0.6) is 5.88 Å². The van der Waals surface area contributed by atoms with E-state index in [1.807, 2.05) is 51.1 Å². The van der Waals surface area contributed by atoms with Gasteiger partial charge in [-0.1, -0.05) is 36.4 Å². The van der Waals surface area contributed by atoms with Crippen LogP contribution in [0.25, 0.3) is 11.1 Å². The molecule has 1 atom stereocenters. The lowest BCUT2D eigenvalue weighted by Gasteiger charge is -2.23. The predicted octanol–water partition coefficient (Wildman–Crippen LogP) is 4.61. The zero-order chi connectivity index (χ0) is 27.0. The van der Waals surface area contributed by atoms with Gasteiger partial charge in [0.2, 0.25) is 15.7 Å². The van der Waals surface area contributed by atoms with Crippen molar-refractivity contribution >= 4 is 9.84 Å². The molecule has 0 saturated heterocycles. The number of pyridine rings is 1. The Labute approximate surface area is 221 Å². The summed E-state index contributed by atoms with van der Waals surface area (Å²) in [7, 11) is -4.39. The van der Waals surface area contributed by atoms with Gasteiger partial charge in [-0.3, -0.25) is 14.3 Å². The number of aromatic nitrogens is 3. The Morgan fingerprint density at radius 2 is 1.84 bits per heavy atom. The molecule has 0 saturated carbocycles. The molecule has 0 unspecified atom stereocenters. The highest BCUT2D eigenvalue weighted by Gasteiger charge is 2.34. The van der Waals surface area contributed by atoms with Gasteiger partial charge in [-0.2, -0.15) is 4.98 Å². The van der Waals surface area contributed by atoms with Gasteiger partial charge in [0.25, 0.3) is 5.56 Å². The quantitative estimate of drug-likeness (QED) is 0.371. The molecule has 0 amide bonds. The molecule has 9 heteroatoms. The third kappa shape index (κ3) is 4.63. The number of hydrogen-bond acceptors (Lipinski definition) is 7. The number of sulfone groups is 1. The van der Waals surface area contributed by atoms with Crippen LogP contribution < -0.4 is 5.56 Å². The second-order valence-corrected chi connectivity index (χ2v) is 11.6. The largest absolute Gasteiger partial charge is 0.493 e. The molecule has 0 spiro atoms. The van der Waals surface area contributed by atoms with Gasteiger partial charge in [-0.05, 0) is 79.6 Å². The fraction of sp³-hybridized carbons (Fsp3) is 0.276. The molecule has 5 rings (SSSR count). The Kier molecular flexibility index (Phi) is 6.90. The minimum atomic E-state index is -4.39. The number of nitrogens with zero attached hydrogens (tertiary/aromatic N) is 3. The van der Waals surface area contributed by atoms with E-state index in [9.17, 15) is 18.3 Å². The second kappa shape index (κ2) is 10.2. The molecule has 38 heavy (non-hydrogen) atoms. The van der Waals surface area contributed by atoms with E-state index in [2.05, 4.69) is 9.97 Å². The summed E-state index contributed by atoms with van der Waals surface area (Å²) >= 11 is 0. The van der Waals surface area contributed by atoms with Crippen molar-refractivity contribution in [3.8, 4) is 17.0 Å². The van der Waals surface area contributed by atoms with E-state index in [1.54, 1.807) is 24.5 Å². The van der Waals surface area contributed by atoms with Crippen molar-refractivity contribution in [2.45, 2.75) is 62.2 Å². The molecule has 2 aromatic heterocycles. The molecule has 1 aliphatic carbocycles. The number of rotatable bonds is 7. The van der Waals surface area contributed by atoms with Crippen LogP contribution in [0.2, 0.25) is 0 Å². The molecular formula is C29H29N3O5S. The average Bonchev–Trinajstić information content (AvgIpc) is 3.31. The molecule has 1 aliphatic rings. The van der Waals surface area contributed by atoms with Crippen molar-refractivity contribution in [2.75, 3.05) is 0 Å². The molecule has 1 N–H and O–H groups in total. The van der Waals surface area contributed by atoms with Crippen molar-refractivity contribution < 1.29 is 18.3 Å². The topological polar surface area (TPSA) is 111 Å². The molecule has 4 aromatic rings. The Morgan fingerprint density at radius 3 is 2.55 bits per heavy atom. The highest BCUT2D eigenvalue weighted by Crippen LogP contribution is 2.39.